The Kier molecular flexibility index (Phi) is 5.02. The fourth-order valence-corrected chi connectivity index (χ4v) is 3.16. The van der Waals surface area contributed by atoms with Crippen molar-refractivity contribution in [3.8, 4) is 10.6 Å². The quantitative estimate of drug-likeness (QED) is 0.716. The van der Waals surface area contributed by atoms with Crippen LogP contribution in [0.15, 0.2) is 42.0 Å². The molecule has 3 N–H and O–H groups in total. The zero-order valence-corrected chi connectivity index (χ0v) is 14.2. The number of nitrogens with two attached hydrogens (primary N) is 1. The highest BCUT2D eigenvalue weighted by atomic mass is 32.1. The molecule has 24 heavy (non-hydrogen) atoms. The van der Waals surface area contributed by atoms with Crippen molar-refractivity contribution in [2.24, 2.45) is 12.8 Å². The number of rotatable bonds is 6. The van der Waals surface area contributed by atoms with Gasteiger partial charge in [-0.2, -0.15) is 5.10 Å². The van der Waals surface area contributed by atoms with E-state index in [0.717, 1.165) is 27.4 Å². The monoisotopic (exact) mass is 341 g/mol. The first kappa shape index (κ1) is 16.4. The van der Waals surface area contributed by atoms with Gasteiger partial charge in [0, 0.05) is 42.8 Å². The lowest BCUT2D eigenvalue weighted by atomic mass is 10.1. The van der Waals surface area contributed by atoms with Gasteiger partial charge in [-0.3, -0.25) is 9.48 Å². The van der Waals surface area contributed by atoms with Crippen LogP contribution in [0.3, 0.4) is 0 Å². The number of nitrogens with zero attached hydrogens (tertiary/aromatic N) is 3. The molecule has 7 heteroatoms. The van der Waals surface area contributed by atoms with E-state index >= 15 is 0 Å². The molecule has 0 aliphatic carbocycles. The van der Waals surface area contributed by atoms with E-state index in [0.29, 0.717) is 13.1 Å². The van der Waals surface area contributed by atoms with Crippen LogP contribution in [0.2, 0.25) is 0 Å². The highest BCUT2D eigenvalue weighted by Gasteiger charge is 2.09. The average molecular weight is 341 g/mol. The summed E-state index contributed by atoms with van der Waals surface area (Å²) in [5.74, 6) is -0.0496. The van der Waals surface area contributed by atoms with Gasteiger partial charge in [0.2, 0.25) is 5.91 Å². The highest BCUT2D eigenvalue weighted by molar-refractivity contribution is 7.13. The molecule has 2 aromatic heterocycles. The molecule has 1 amide bonds. The number of benzene rings is 1. The van der Waals surface area contributed by atoms with Crippen molar-refractivity contribution in [3.63, 3.8) is 0 Å². The van der Waals surface area contributed by atoms with Crippen LogP contribution in [0.1, 0.15) is 16.8 Å². The van der Waals surface area contributed by atoms with Gasteiger partial charge in [-0.05, 0) is 11.6 Å². The Morgan fingerprint density at radius 3 is 3.00 bits per heavy atom. The summed E-state index contributed by atoms with van der Waals surface area (Å²) in [5.41, 5.74) is 9.53. The van der Waals surface area contributed by atoms with Crippen LogP contribution in [0.4, 0.5) is 0 Å². The summed E-state index contributed by atoms with van der Waals surface area (Å²) in [6.07, 6.45) is 3.89. The van der Waals surface area contributed by atoms with Crippen molar-refractivity contribution in [1.29, 1.82) is 0 Å². The Balaban J connectivity index is 1.59. The third kappa shape index (κ3) is 4.06. The number of aryl methyl sites for hydroxylation is 1. The summed E-state index contributed by atoms with van der Waals surface area (Å²) in [6.45, 7) is 0.977. The molecular weight excluding hydrogens is 322 g/mol. The Labute approximate surface area is 144 Å². The van der Waals surface area contributed by atoms with E-state index in [9.17, 15) is 4.79 Å². The van der Waals surface area contributed by atoms with Crippen LogP contribution >= 0.6 is 11.3 Å². The van der Waals surface area contributed by atoms with Crippen molar-refractivity contribution >= 4 is 17.2 Å². The third-order valence-electron chi connectivity index (χ3n) is 3.55. The van der Waals surface area contributed by atoms with Gasteiger partial charge in [-0.15, -0.1) is 11.3 Å². The lowest BCUT2D eigenvalue weighted by Gasteiger charge is -2.02. The minimum Gasteiger partial charge on any atom is -0.352 e. The summed E-state index contributed by atoms with van der Waals surface area (Å²) < 4.78 is 1.71. The molecule has 0 fully saturated rings. The summed E-state index contributed by atoms with van der Waals surface area (Å²) in [7, 11) is 1.85. The number of hydrogen-bond donors (Lipinski definition) is 2. The Morgan fingerprint density at radius 1 is 1.38 bits per heavy atom. The van der Waals surface area contributed by atoms with Crippen molar-refractivity contribution in [3.05, 3.63) is 58.9 Å². The van der Waals surface area contributed by atoms with Crippen LogP contribution in [-0.4, -0.2) is 20.7 Å². The van der Waals surface area contributed by atoms with Gasteiger partial charge in [0.05, 0.1) is 18.3 Å². The summed E-state index contributed by atoms with van der Waals surface area (Å²) in [4.78, 5) is 16.6. The molecule has 124 valence electrons. The standard InChI is InChI=1S/C17H19N5OS/c1-22-10-13(9-20-22)8-19-16(23)6-15-11-24-17(21-15)14-4-2-3-12(5-14)7-18/h2-5,9-11H,6-8,18H2,1H3,(H,19,23). The minimum atomic E-state index is -0.0496. The Morgan fingerprint density at radius 2 is 2.25 bits per heavy atom. The van der Waals surface area contributed by atoms with E-state index in [1.165, 1.54) is 11.3 Å². The SMILES string of the molecule is Cn1cc(CNC(=O)Cc2csc(-c3cccc(CN)c3)n2)cn1. The molecule has 0 bridgehead atoms. The summed E-state index contributed by atoms with van der Waals surface area (Å²) >= 11 is 1.54. The first-order valence-electron chi connectivity index (χ1n) is 7.62. The summed E-state index contributed by atoms with van der Waals surface area (Å²) in [5, 5.41) is 9.79. The number of aromatic nitrogens is 3. The number of hydrogen-bond acceptors (Lipinski definition) is 5. The van der Waals surface area contributed by atoms with Crippen molar-refractivity contribution in [2.75, 3.05) is 0 Å². The number of carbonyl (C=O) groups excluding carboxylic acids is 1. The zero-order chi connectivity index (χ0) is 16.9. The molecule has 6 nitrogen and oxygen atoms in total. The fraction of sp³-hybridized carbons (Fsp3) is 0.235. The van der Waals surface area contributed by atoms with Gasteiger partial charge in [-0.1, -0.05) is 18.2 Å². The van der Waals surface area contributed by atoms with E-state index in [-0.39, 0.29) is 12.3 Å². The second-order valence-electron chi connectivity index (χ2n) is 5.52. The maximum atomic E-state index is 12.0. The van der Waals surface area contributed by atoms with E-state index in [2.05, 4.69) is 15.4 Å². The van der Waals surface area contributed by atoms with Gasteiger partial charge < -0.3 is 11.1 Å². The molecule has 1 aromatic carbocycles. The molecule has 0 unspecified atom stereocenters. The molecule has 0 saturated heterocycles. The topological polar surface area (TPSA) is 85.8 Å². The average Bonchev–Trinajstić information content (AvgIpc) is 3.22. The number of amides is 1. The Bertz CT molecular complexity index is 839. The van der Waals surface area contributed by atoms with E-state index in [1.54, 1.807) is 10.9 Å². The van der Waals surface area contributed by atoms with Crippen LogP contribution in [0, 0.1) is 0 Å². The van der Waals surface area contributed by atoms with Gasteiger partial charge in [0.15, 0.2) is 0 Å². The van der Waals surface area contributed by atoms with Crippen LogP contribution < -0.4 is 11.1 Å². The molecule has 0 radical (unpaired) electrons. The Hall–Kier alpha value is -2.51. The first-order chi connectivity index (χ1) is 11.6. The van der Waals surface area contributed by atoms with Crippen molar-refractivity contribution < 1.29 is 4.79 Å². The molecule has 0 aliphatic heterocycles. The molecule has 3 rings (SSSR count). The molecule has 3 aromatic rings. The van der Waals surface area contributed by atoms with E-state index < -0.39 is 0 Å². The molecular formula is C17H19N5OS. The molecule has 0 aliphatic rings. The van der Waals surface area contributed by atoms with Crippen LogP contribution in [0.5, 0.6) is 0 Å². The minimum absolute atomic E-state index is 0.0496. The third-order valence-corrected chi connectivity index (χ3v) is 4.49. The predicted octanol–water partition coefficient (Wildman–Crippen LogP) is 1.86. The highest BCUT2D eigenvalue weighted by Crippen LogP contribution is 2.24. The zero-order valence-electron chi connectivity index (χ0n) is 13.4. The fourth-order valence-electron chi connectivity index (χ4n) is 2.34. The summed E-state index contributed by atoms with van der Waals surface area (Å²) in [6, 6.07) is 8.00. The van der Waals surface area contributed by atoms with E-state index in [4.69, 9.17) is 5.73 Å². The van der Waals surface area contributed by atoms with Gasteiger partial charge >= 0.3 is 0 Å². The maximum Gasteiger partial charge on any atom is 0.226 e. The number of carbonyl (C=O) groups is 1. The first-order valence-corrected chi connectivity index (χ1v) is 8.50. The smallest absolute Gasteiger partial charge is 0.226 e. The maximum absolute atomic E-state index is 12.0. The largest absolute Gasteiger partial charge is 0.352 e. The molecule has 0 atom stereocenters. The number of thiazole rings is 1. The number of nitrogens with one attached hydrogen (secondary N) is 1. The van der Waals surface area contributed by atoms with Crippen molar-refractivity contribution in [2.45, 2.75) is 19.5 Å². The van der Waals surface area contributed by atoms with Crippen LogP contribution in [0.25, 0.3) is 10.6 Å². The van der Waals surface area contributed by atoms with E-state index in [1.807, 2.05) is 42.9 Å². The lowest BCUT2D eigenvalue weighted by Crippen LogP contribution is -2.24. The normalized spacial score (nSPS) is 10.8. The van der Waals surface area contributed by atoms with Crippen molar-refractivity contribution in [1.82, 2.24) is 20.1 Å². The van der Waals surface area contributed by atoms with Gasteiger partial charge in [0.1, 0.15) is 5.01 Å². The molecule has 0 saturated carbocycles. The molecule has 2 heterocycles. The second kappa shape index (κ2) is 7.37. The molecule has 0 spiro atoms. The second-order valence-corrected chi connectivity index (χ2v) is 6.38. The van der Waals surface area contributed by atoms with Gasteiger partial charge in [-0.25, -0.2) is 4.98 Å². The lowest BCUT2D eigenvalue weighted by molar-refractivity contribution is -0.120. The van der Waals surface area contributed by atoms with Gasteiger partial charge in [0.25, 0.3) is 0 Å². The predicted molar refractivity (Wildman–Crippen MR) is 94.2 cm³/mol. The van der Waals surface area contributed by atoms with Crippen LogP contribution in [-0.2, 0) is 31.4 Å².